The van der Waals surface area contributed by atoms with Crippen LogP contribution < -0.4 is 0 Å². The average molecular weight is 314 g/mol. The second kappa shape index (κ2) is 9.26. The number of allylic oxidation sites excluding steroid dienone is 2. The molecule has 1 aliphatic rings. The fraction of sp³-hybridized carbons (Fsp3) is 0.750. The van der Waals surface area contributed by atoms with Gasteiger partial charge in [-0.2, -0.15) is 0 Å². The maximum absolute atomic E-state index is 11.5. The standard InChI is InChI=1S/C16H26O4S/c1-16(19,12-21-14-9-7-8-13(14)17)11-6-4-3-5-10-15(18)20-2/h9,19H,3-8,10-12H2,1-2H3. The fourth-order valence-electron chi connectivity index (χ4n) is 2.25. The predicted molar refractivity (Wildman–Crippen MR) is 85.1 cm³/mol. The number of carbonyl (C=O) groups is 2. The highest BCUT2D eigenvalue weighted by atomic mass is 32.2. The van der Waals surface area contributed by atoms with Crippen LogP contribution in [0.3, 0.4) is 0 Å². The van der Waals surface area contributed by atoms with E-state index in [1.54, 1.807) is 0 Å². The van der Waals surface area contributed by atoms with Gasteiger partial charge in [0.1, 0.15) is 0 Å². The Morgan fingerprint density at radius 3 is 2.71 bits per heavy atom. The molecule has 0 bridgehead atoms. The van der Waals surface area contributed by atoms with Crippen molar-refractivity contribution in [3.63, 3.8) is 0 Å². The zero-order valence-corrected chi connectivity index (χ0v) is 13.8. The molecule has 0 aromatic heterocycles. The molecule has 1 aliphatic carbocycles. The van der Waals surface area contributed by atoms with Crippen molar-refractivity contribution in [3.05, 3.63) is 11.0 Å². The maximum atomic E-state index is 11.5. The van der Waals surface area contributed by atoms with Gasteiger partial charge < -0.3 is 9.84 Å². The van der Waals surface area contributed by atoms with Gasteiger partial charge in [-0.05, 0) is 26.2 Å². The maximum Gasteiger partial charge on any atom is 0.305 e. The zero-order chi connectivity index (χ0) is 15.7. The minimum Gasteiger partial charge on any atom is -0.469 e. The molecule has 0 heterocycles. The lowest BCUT2D eigenvalue weighted by Gasteiger charge is -2.22. The highest BCUT2D eigenvalue weighted by Gasteiger charge is 2.23. The van der Waals surface area contributed by atoms with Crippen molar-refractivity contribution < 1.29 is 19.4 Å². The van der Waals surface area contributed by atoms with Crippen LogP contribution in [0.5, 0.6) is 0 Å². The Hall–Kier alpha value is -0.810. The first-order chi connectivity index (χ1) is 9.94. The van der Waals surface area contributed by atoms with Gasteiger partial charge in [-0.1, -0.05) is 25.3 Å². The van der Waals surface area contributed by atoms with E-state index >= 15 is 0 Å². The summed E-state index contributed by atoms with van der Waals surface area (Å²) in [5.41, 5.74) is -0.739. The molecule has 0 aromatic carbocycles. The summed E-state index contributed by atoms with van der Waals surface area (Å²) in [5, 5.41) is 10.3. The number of esters is 1. The van der Waals surface area contributed by atoms with E-state index in [0.717, 1.165) is 43.4 Å². The largest absolute Gasteiger partial charge is 0.469 e. The second-order valence-corrected chi connectivity index (χ2v) is 6.82. The molecule has 4 nitrogen and oxygen atoms in total. The fourth-order valence-corrected chi connectivity index (χ4v) is 3.36. The molecule has 21 heavy (non-hydrogen) atoms. The summed E-state index contributed by atoms with van der Waals surface area (Å²) in [6.45, 7) is 1.83. The second-order valence-electron chi connectivity index (χ2n) is 5.81. The smallest absolute Gasteiger partial charge is 0.305 e. The van der Waals surface area contributed by atoms with Gasteiger partial charge in [0.25, 0.3) is 0 Å². The SMILES string of the molecule is COC(=O)CCCCCCC(C)(O)CSC1=CCCC1=O. The Labute approximate surface area is 131 Å². The summed E-state index contributed by atoms with van der Waals surface area (Å²) in [6, 6.07) is 0. The molecule has 0 saturated carbocycles. The van der Waals surface area contributed by atoms with Crippen molar-refractivity contribution in [2.45, 2.75) is 63.9 Å². The zero-order valence-electron chi connectivity index (χ0n) is 13.0. The van der Waals surface area contributed by atoms with Crippen LogP contribution in [-0.4, -0.2) is 35.3 Å². The van der Waals surface area contributed by atoms with Crippen LogP contribution in [0.2, 0.25) is 0 Å². The minimum atomic E-state index is -0.739. The van der Waals surface area contributed by atoms with Gasteiger partial charge in [0.15, 0.2) is 5.78 Å². The number of ketones is 1. The molecule has 0 spiro atoms. The lowest BCUT2D eigenvalue weighted by molar-refractivity contribution is -0.140. The molecule has 5 heteroatoms. The van der Waals surface area contributed by atoms with Gasteiger partial charge in [-0.3, -0.25) is 9.59 Å². The Kier molecular flexibility index (Phi) is 8.04. The summed E-state index contributed by atoms with van der Waals surface area (Å²) in [5.74, 6) is 0.610. The summed E-state index contributed by atoms with van der Waals surface area (Å²) in [4.78, 5) is 23.3. The molecule has 0 saturated heterocycles. The number of hydrogen-bond donors (Lipinski definition) is 1. The van der Waals surface area contributed by atoms with Crippen molar-refractivity contribution in [1.29, 1.82) is 0 Å². The van der Waals surface area contributed by atoms with Crippen molar-refractivity contribution >= 4 is 23.5 Å². The molecule has 120 valence electrons. The van der Waals surface area contributed by atoms with Gasteiger partial charge in [-0.25, -0.2) is 0 Å². The Morgan fingerprint density at radius 2 is 2.10 bits per heavy atom. The van der Waals surface area contributed by atoms with Crippen molar-refractivity contribution in [1.82, 2.24) is 0 Å². The normalized spacial score (nSPS) is 17.5. The lowest BCUT2D eigenvalue weighted by atomic mass is 10.00. The van der Waals surface area contributed by atoms with Crippen LogP contribution in [0.4, 0.5) is 0 Å². The van der Waals surface area contributed by atoms with E-state index in [1.165, 1.54) is 18.9 Å². The first-order valence-electron chi connectivity index (χ1n) is 7.60. The third kappa shape index (κ3) is 7.67. The molecule has 1 rings (SSSR count). The van der Waals surface area contributed by atoms with Crippen LogP contribution in [0.1, 0.15) is 58.3 Å². The number of hydrogen-bond acceptors (Lipinski definition) is 5. The molecular formula is C16H26O4S. The van der Waals surface area contributed by atoms with Crippen molar-refractivity contribution in [2.24, 2.45) is 0 Å². The van der Waals surface area contributed by atoms with Crippen molar-refractivity contribution in [3.8, 4) is 0 Å². The van der Waals surface area contributed by atoms with Gasteiger partial charge in [0.05, 0.1) is 12.7 Å². The van der Waals surface area contributed by atoms with Gasteiger partial charge in [-0.15, -0.1) is 11.8 Å². The Bertz CT molecular complexity index is 388. The Balaban J connectivity index is 2.09. The molecule has 0 amide bonds. The summed E-state index contributed by atoms with van der Waals surface area (Å²) < 4.78 is 4.59. The van der Waals surface area contributed by atoms with Gasteiger partial charge in [0.2, 0.25) is 0 Å². The number of methoxy groups -OCH3 is 1. The van der Waals surface area contributed by atoms with Crippen LogP contribution in [-0.2, 0) is 14.3 Å². The van der Waals surface area contributed by atoms with E-state index in [1.807, 2.05) is 13.0 Å². The highest BCUT2D eigenvalue weighted by molar-refractivity contribution is 8.04. The van der Waals surface area contributed by atoms with E-state index in [-0.39, 0.29) is 11.8 Å². The van der Waals surface area contributed by atoms with Crippen LogP contribution >= 0.6 is 11.8 Å². The number of ether oxygens (including phenoxy) is 1. The van der Waals surface area contributed by atoms with E-state index < -0.39 is 5.60 Å². The molecular weight excluding hydrogens is 288 g/mol. The van der Waals surface area contributed by atoms with E-state index in [4.69, 9.17) is 0 Å². The number of rotatable bonds is 10. The summed E-state index contributed by atoms with van der Waals surface area (Å²) >= 11 is 1.47. The predicted octanol–water partition coefficient (Wildman–Crippen LogP) is 3.23. The van der Waals surface area contributed by atoms with Crippen LogP contribution in [0.25, 0.3) is 0 Å². The first-order valence-corrected chi connectivity index (χ1v) is 8.58. The summed E-state index contributed by atoms with van der Waals surface area (Å²) in [6.07, 6.45) is 8.36. The molecule has 0 radical (unpaired) electrons. The molecule has 1 N–H and O–H groups in total. The number of aliphatic hydroxyl groups is 1. The quantitative estimate of drug-likeness (QED) is 0.495. The van der Waals surface area contributed by atoms with E-state index in [9.17, 15) is 14.7 Å². The first kappa shape index (κ1) is 18.2. The van der Waals surface area contributed by atoms with E-state index in [0.29, 0.717) is 18.6 Å². The number of thioether (sulfide) groups is 1. The van der Waals surface area contributed by atoms with Crippen molar-refractivity contribution in [2.75, 3.05) is 12.9 Å². The summed E-state index contributed by atoms with van der Waals surface area (Å²) in [7, 11) is 1.40. The third-order valence-electron chi connectivity index (χ3n) is 3.59. The highest BCUT2D eigenvalue weighted by Crippen LogP contribution is 2.30. The van der Waals surface area contributed by atoms with Crippen LogP contribution in [0.15, 0.2) is 11.0 Å². The Morgan fingerprint density at radius 1 is 1.38 bits per heavy atom. The number of carbonyl (C=O) groups excluding carboxylic acids is 2. The van der Waals surface area contributed by atoms with Gasteiger partial charge in [0, 0.05) is 23.5 Å². The average Bonchev–Trinajstić information content (AvgIpc) is 2.85. The number of unbranched alkanes of at least 4 members (excludes halogenated alkanes) is 3. The molecule has 1 unspecified atom stereocenters. The van der Waals surface area contributed by atoms with E-state index in [2.05, 4.69) is 4.74 Å². The molecule has 1 atom stereocenters. The third-order valence-corrected chi connectivity index (χ3v) is 5.06. The number of Topliss-reactive ketones (excluding diaryl/α,β-unsaturated/α-hetero) is 1. The topological polar surface area (TPSA) is 63.6 Å². The monoisotopic (exact) mass is 314 g/mol. The van der Waals surface area contributed by atoms with Gasteiger partial charge >= 0.3 is 5.97 Å². The minimum absolute atomic E-state index is 0.159. The van der Waals surface area contributed by atoms with Crippen LogP contribution in [0, 0.1) is 0 Å². The molecule has 0 aromatic rings. The lowest BCUT2D eigenvalue weighted by Crippen LogP contribution is -2.27. The molecule has 0 fully saturated rings. The molecule has 0 aliphatic heterocycles.